The molecule has 0 atom stereocenters. The van der Waals surface area contributed by atoms with Crippen LogP contribution in [0.25, 0.3) is 0 Å². The monoisotopic (exact) mass is 303 g/mol. The molecule has 8 heteroatoms. The molecule has 20 heavy (non-hydrogen) atoms. The van der Waals surface area contributed by atoms with Gasteiger partial charge in [0.25, 0.3) is 16.0 Å². The number of carbonyl (C=O) groups excluding carboxylic acids is 1. The molecule has 0 radical (unpaired) electrons. The molecule has 2 N–H and O–H groups in total. The number of ether oxygens (including phenoxy) is 2. The lowest BCUT2D eigenvalue weighted by atomic mass is 10.2. The van der Waals surface area contributed by atoms with Crippen LogP contribution in [0.2, 0.25) is 0 Å². The maximum atomic E-state index is 11.6. The van der Waals surface area contributed by atoms with E-state index in [1.54, 1.807) is 18.2 Å². The number of rotatable bonds is 2. The van der Waals surface area contributed by atoms with Crippen molar-refractivity contribution >= 4 is 16.0 Å². The maximum absolute atomic E-state index is 11.6. The number of hydrogen-bond donors (Lipinski definition) is 2. The molecular weight excluding hydrogens is 286 g/mol. The van der Waals surface area contributed by atoms with Crippen LogP contribution in [0.5, 0.6) is 11.5 Å². The molecule has 1 heterocycles. The first-order valence-corrected chi connectivity index (χ1v) is 7.64. The van der Waals surface area contributed by atoms with Crippen LogP contribution < -0.4 is 14.8 Å². The molecule has 2 rings (SSSR count). The van der Waals surface area contributed by atoms with E-state index in [1.807, 2.05) is 13.8 Å². The zero-order valence-electron chi connectivity index (χ0n) is 11.4. The van der Waals surface area contributed by atoms with E-state index >= 15 is 0 Å². The molecule has 1 aromatic carbocycles. The standard InChI is InChI=1S/C11H13NO3.CH4O3S/c1-7(2)12-11(13)8-3-4-9-10(5-8)15-6-14-9;1-5(2,3)4/h3-5,7H,6H2,1-2H3,(H,12,13);1H3,(H,2,3,4). The van der Waals surface area contributed by atoms with E-state index in [0.717, 1.165) is 0 Å². The summed E-state index contributed by atoms with van der Waals surface area (Å²) < 4.78 is 36.2. The van der Waals surface area contributed by atoms with Crippen molar-refractivity contribution in [3.63, 3.8) is 0 Å². The van der Waals surface area contributed by atoms with E-state index in [4.69, 9.17) is 14.0 Å². The SMILES string of the molecule is CC(C)NC(=O)c1ccc2c(c1)OCO2.CS(=O)(=O)O. The third-order valence-electron chi connectivity index (χ3n) is 2.05. The van der Waals surface area contributed by atoms with Crippen LogP contribution in [0.4, 0.5) is 0 Å². The number of carbonyl (C=O) groups is 1. The van der Waals surface area contributed by atoms with Crippen molar-refractivity contribution < 1.29 is 27.2 Å². The van der Waals surface area contributed by atoms with Crippen molar-refractivity contribution in [2.24, 2.45) is 0 Å². The van der Waals surface area contributed by atoms with Crippen molar-refractivity contribution in [3.8, 4) is 11.5 Å². The molecule has 0 saturated heterocycles. The molecule has 1 amide bonds. The summed E-state index contributed by atoms with van der Waals surface area (Å²) >= 11 is 0. The molecule has 0 saturated carbocycles. The normalized spacial score (nSPS) is 12.7. The summed E-state index contributed by atoms with van der Waals surface area (Å²) in [6.45, 7) is 4.07. The van der Waals surface area contributed by atoms with Crippen LogP contribution in [-0.4, -0.2) is 38.0 Å². The van der Waals surface area contributed by atoms with Crippen molar-refractivity contribution in [1.29, 1.82) is 0 Å². The number of nitrogens with one attached hydrogen (secondary N) is 1. The van der Waals surface area contributed by atoms with Gasteiger partial charge in [-0.1, -0.05) is 0 Å². The lowest BCUT2D eigenvalue weighted by Gasteiger charge is -2.08. The van der Waals surface area contributed by atoms with Gasteiger partial charge in [-0.2, -0.15) is 8.42 Å². The van der Waals surface area contributed by atoms with Crippen LogP contribution in [0.15, 0.2) is 18.2 Å². The zero-order valence-corrected chi connectivity index (χ0v) is 12.2. The molecule has 0 aliphatic carbocycles. The highest BCUT2D eigenvalue weighted by atomic mass is 32.2. The van der Waals surface area contributed by atoms with Gasteiger partial charge in [-0.15, -0.1) is 0 Å². The van der Waals surface area contributed by atoms with Crippen LogP contribution in [0, 0.1) is 0 Å². The second kappa shape index (κ2) is 6.58. The van der Waals surface area contributed by atoms with E-state index in [9.17, 15) is 13.2 Å². The number of benzene rings is 1. The molecule has 1 aliphatic heterocycles. The molecule has 0 aromatic heterocycles. The van der Waals surface area contributed by atoms with Gasteiger partial charge in [0.2, 0.25) is 6.79 Å². The van der Waals surface area contributed by atoms with Gasteiger partial charge < -0.3 is 14.8 Å². The van der Waals surface area contributed by atoms with Crippen molar-refractivity contribution in [2.45, 2.75) is 19.9 Å². The third-order valence-corrected chi connectivity index (χ3v) is 2.05. The fraction of sp³-hybridized carbons (Fsp3) is 0.417. The van der Waals surface area contributed by atoms with E-state index < -0.39 is 10.1 Å². The summed E-state index contributed by atoms with van der Waals surface area (Å²) in [5.74, 6) is 1.23. The highest BCUT2D eigenvalue weighted by Crippen LogP contribution is 2.32. The lowest BCUT2D eigenvalue weighted by Crippen LogP contribution is -2.29. The lowest BCUT2D eigenvalue weighted by molar-refractivity contribution is 0.0942. The minimum absolute atomic E-state index is 0.0942. The van der Waals surface area contributed by atoms with Gasteiger partial charge in [0, 0.05) is 11.6 Å². The Morgan fingerprint density at radius 2 is 1.85 bits per heavy atom. The quantitative estimate of drug-likeness (QED) is 0.792. The number of fused-ring (bicyclic) bond motifs is 1. The highest BCUT2D eigenvalue weighted by molar-refractivity contribution is 7.85. The molecule has 1 aromatic rings. The van der Waals surface area contributed by atoms with Crippen LogP contribution in [-0.2, 0) is 10.1 Å². The molecule has 1 aliphatic rings. The minimum Gasteiger partial charge on any atom is -0.454 e. The first-order chi connectivity index (χ1) is 9.16. The predicted octanol–water partition coefficient (Wildman–Crippen LogP) is 1.06. The van der Waals surface area contributed by atoms with E-state index in [0.29, 0.717) is 23.3 Å². The molecule has 0 spiro atoms. The van der Waals surface area contributed by atoms with Gasteiger partial charge in [0.05, 0.1) is 6.26 Å². The average molecular weight is 303 g/mol. The summed E-state index contributed by atoms with van der Waals surface area (Å²) in [5.41, 5.74) is 0.591. The fourth-order valence-electron chi connectivity index (χ4n) is 1.38. The Morgan fingerprint density at radius 3 is 2.40 bits per heavy atom. The smallest absolute Gasteiger partial charge is 0.261 e. The zero-order chi connectivity index (χ0) is 15.3. The summed E-state index contributed by atoms with van der Waals surface area (Å²) in [5, 5.41) is 2.81. The Balaban J connectivity index is 0.000000347. The van der Waals surface area contributed by atoms with Crippen LogP contribution in [0.3, 0.4) is 0 Å². The Labute approximate surface area is 117 Å². The Morgan fingerprint density at radius 1 is 1.30 bits per heavy atom. The molecular formula is C12H17NO6S. The van der Waals surface area contributed by atoms with E-state index in [-0.39, 0.29) is 18.7 Å². The Hall–Kier alpha value is -1.80. The molecule has 0 unspecified atom stereocenters. The van der Waals surface area contributed by atoms with Crippen molar-refractivity contribution in [1.82, 2.24) is 5.32 Å². The first-order valence-electron chi connectivity index (χ1n) is 5.80. The topological polar surface area (TPSA) is 102 Å². The van der Waals surface area contributed by atoms with Gasteiger partial charge in [0.15, 0.2) is 11.5 Å². The first kappa shape index (κ1) is 16.3. The van der Waals surface area contributed by atoms with Crippen molar-refractivity contribution in [2.75, 3.05) is 13.0 Å². The summed E-state index contributed by atoms with van der Waals surface area (Å²) in [7, 11) is -3.67. The second-order valence-corrected chi connectivity index (χ2v) is 5.90. The van der Waals surface area contributed by atoms with Crippen molar-refractivity contribution in [3.05, 3.63) is 23.8 Å². The van der Waals surface area contributed by atoms with Gasteiger partial charge in [0.1, 0.15) is 0 Å². The van der Waals surface area contributed by atoms with Gasteiger partial charge in [-0.25, -0.2) is 0 Å². The largest absolute Gasteiger partial charge is 0.454 e. The molecule has 7 nitrogen and oxygen atoms in total. The average Bonchev–Trinajstić information content (AvgIpc) is 2.72. The van der Waals surface area contributed by atoms with Gasteiger partial charge in [-0.05, 0) is 32.0 Å². The van der Waals surface area contributed by atoms with Crippen LogP contribution in [0.1, 0.15) is 24.2 Å². The second-order valence-electron chi connectivity index (χ2n) is 4.43. The molecule has 0 bridgehead atoms. The van der Waals surface area contributed by atoms with Gasteiger partial charge in [-0.3, -0.25) is 9.35 Å². The summed E-state index contributed by atoms with van der Waals surface area (Å²) in [4.78, 5) is 11.6. The Bertz CT molecular complexity index is 574. The molecule has 112 valence electrons. The van der Waals surface area contributed by atoms with Gasteiger partial charge >= 0.3 is 0 Å². The minimum atomic E-state index is -3.67. The number of amides is 1. The van der Waals surface area contributed by atoms with Crippen LogP contribution >= 0.6 is 0 Å². The highest BCUT2D eigenvalue weighted by Gasteiger charge is 2.16. The summed E-state index contributed by atoms with van der Waals surface area (Å²) in [6, 6.07) is 5.30. The number of hydrogen-bond acceptors (Lipinski definition) is 5. The maximum Gasteiger partial charge on any atom is 0.261 e. The Kier molecular flexibility index (Phi) is 5.34. The van der Waals surface area contributed by atoms with E-state index in [1.165, 1.54) is 0 Å². The molecule has 0 fully saturated rings. The fourth-order valence-corrected chi connectivity index (χ4v) is 1.38. The van der Waals surface area contributed by atoms with E-state index in [2.05, 4.69) is 5.32 Å². The summed E-state index contributed by atoms with van der Waals surface area (Å²) in [6.07, 6.45) is 0.715. The predicted molar refractivity (Wildman–Crippen MR) is 72.6 cm³/mol. The third kappa shape index (κ3) is 5.89.